The van der Waals surface area contributed by atoms with E-state index in [9.17, 15) is 0 Å². The fourth-order valence-corrected chi connectivity index (χ4v) is 3.23. The van der Waals surface area contributed by atoms with Crippen LogP contribution in [0.4, 0.5) is 0 Å². The first-order valence-electron chi connectivity index (χ1n) is 7.98. The summed E-state index contributed by atoms with van der Waals surface area (Å²) in [5.74, 6) is 2.25. The molecule has 0 aromatic heterocycles. The molecule has 2 aliphatic carbocycles. The molecule has 1 heteroatoms. The first kappa shape index (κ1) is 13.5. The van der Waals surface area contributed by atoms with Crippen LogP contribution in [0, 0.1) is 0 Å². The fourth-order valence-electron chi connectivity index (χ4n) is 3.23. The highest BCUT2D eigenvalue weighted by Gasteiger charge is 2.20. The lowest BCUT2D eigenvalue weighted by Crippen LogP contribution is -2.03. The zero-order chi connectivity index (χ0) is 13.8. The molecule has 3 rings (SSSR count). The SMILES string of the molecule is CCCOc1ccc(C2C=CCC2)cc1C1C=CCC1. The van der Waals surface area contributed by atoms with E-state index in [0.717, 1.165) is 18.8 Å². The van der Waals surface area contributed by atoms with Crippen molar-refractivity contribution in [1.29, 1.82) is 0 Å². The lowest BCUT2D eigenvalue weighted by atomic mass is 9.91. The Morgan fingerprint density at radius 1 is 1.05 bits per heavy atom. The third-order valence-corrected chi connectivity index (χ3v) is 4.35. The Morgan fingerprint density at radius 2 is 1.80 bits per heavy atom. The highest BCUT2D eigenvalue weighted by molar-refractivity contribution is 5.44. The Kier molecular flexibility index (Phi) is 4.25. The summed E-state index contributed by atoms with van der Waals surface area (Å²) in [6.07, 6.45) is 15.3. The van der Waals surface area contributed by atoms with Crippen LogP contribution in [0.5, 0.6) is 5.75 Å². The Balaban J connectivity index is 1.89. The van der Waals surface area contributed by atoms with Crippen LogP contribution in [0.1, 0.15) is 62.0 Å². The molecule has 0 amide bonds. The maximum absolute atomic E-state index is 5.96. The van der Waals surface area contributed by atoms with E-state index in [-0.39, 0.29) is 0 Å². The van der Waals surface area contributed by atoms with Crippen LogP contribution in [0.3, 0.4) is 0 Å². The molecule has 106 valence electrons. The number of allylic oxidation sites excluding steroid dienone is 4. The molecule has 0 spiro atoms. The molecule has 0 fully saturated rings. The zero-order valence-corrected chi connectivity index (χ0v) is 12.3. The second kappa shape index (κ2) is 6.30. The van der Waals surface area contributed by atoms with Crippen molar-refractivity contribution >= 4 is 0 Å². The molecule has 1 aromatic carbocycles. The minimum absolute atomic E-state index is 0.548. The molecule has 1 nitrogen and oxygen atoms in total. The monoisotopic (exact) mass is 268 g/mol. The van der Waals surface area contributed by atoms with E-state index in [4.69, 9.17) is 4.74 Å². The molecule has 0 bridgehead atoms. The molecule has 2 aliphatic rings. The molecular weight excluding hydrogens is 244 g/mol. The molecular formula is C19H24O. The lowest BCUT2D eigenvalue weighted by molar-refractivity contribution is 0.313. The average Bonchev–Trinajstić information content (AvgIpc) is 3.17. The van der Waals surface area contributed by atoms with Gasteiger partial charge in [-0.2, -0.15) is 0 Å². The quantitative estimate of drug-likeness (QED) is 0.655. The first-order chi connectivity index (χ1) is 9.88. The van der Waals surface area contributed by atoms with Gasteiger partial charge in [-0.15, -0.1) is 0 Å². The zero-order valence-electron chi connectivity index (χ0n) is 12.3. The Bertz CT molecular complexity index is 512. The maximum Gasteiger partial charge on any atom is 0.123 e. The Hall–Kier alpha value is -1.50. The molecule has 0 N–H and O–H groups in total. The predicted octanol–water partition coefficient (Wildman–Crippen LogP) is 5.34. The fraction of sp³-hybridized carbons (Fsp3) is 0.474. The first-order valence-corrected chi connectivity index (χ1v) is 7.98. The summed E-state index contributed by atoms with van der Waals surface area (Å²) in [6.45, 7) is 2.97. The van der Waals surface area contributed by atoms with Crippen LogP contribution in [0.15, 0.2) is 42.5 Å². The van der Waals surface area contributed by atoms with Gasteiger partial charge < -0.3 is 4.74 Å². The molecule has 0 saturated heterocycles. The smallest absolute Gasteiger partial charge is 0.123 e. The molecule has 0 aliphatic heterocycles. The van der Waals surface area contributed by atoms with E-state index in [0.29, 0.717) is 11.8 Å². The highest BCUT2D eigenvalue weighted by atomic mass is 16.5. The van der Waals surface area contributed by atoms with Gasteiger partial charge >= 0.3 is 0 Å². The van der Waals surface area contributed by atoms with Gasteiger partial charge in [-0.05, 0) is 43.7 Å². The number of hydrogen-bond donors (Lipinski definition) is 0. The minimum atomic E-state index is 0.548. The van der Waals surface area contributed by atoms with Gasteiger partial charge in [0.25, 0.3) is 0 Å². The van der Waals surface area contributed by atoms with Gasteiger partial charge in [0, 0.05) is 17.4 Å². The van der Waals surface area contributed by atoms with Crippen LogP contribution < -0.4 is 4.74 Å². The Morgan fingerprint density at radius 3 is 2.45 bits per heavy atom. The van der Waals surface area contributed by atoms with Crippen LogP contribution in [0.25, 0.3) is 0 Å². The molecule has 1 aromatic rings. The van der Waals surface area contributed by atoms with Gasteiger partial charge in [-0.1, -0.05) is 43.4 Å². The lowest BCUT2D eigenvalue weighted by Gasteiger charge is -2.18. The normalized spacial score (nSPS) is 24.4. The van der Waals surface area contributed by atoms with Crippen LogP contribution in [0.2, 0.25) is 0 Å². The third-order valence-electron chi connectivity index (χ3n) is 4.35. The van der Waals surface area contributed by atoms with Crippen molar-refractivity contribution < 1.29 is 4.74 Å². The van der Waals surface area contributed by atoms with E-state index in [2.05, 4.69) is 49.4 Å². The van der Waals surface area contributed by atoms with Crippen molar-refractivity contribution in [3.05, 3.63) is 53.6 Å². The van der Waals surface area contributed by atoms with E-state index < -0.39 is 0 Å². The van der Waals surface area contributed by atoms with Gasteiger partial charge in [0.15, 0.2) is 0 Å². The van der Waals surface area contributed by atoms with E-state index in [1.165, 1.54) is 36.8 Å². The summed E-state index contributed by atoms with van der Waals surface area (Å²) in [4.78, 5) is 0. The number of rotatable bonds is 5. The largest absolute Gasteiger partial charge is 0.493 e. The van der Waals surface area contributed by atoms with Crippen molar-refractivity contribution in [1.82, 2.24) is 0 Å². The van der Waals surface area contributed by atoms with Gasteiger partial charge in [-0.25, -0.2) is 0 Å². The van der Waals surface area contributed by atoms with Crippen molar-refractivity contribution in [3.63, 3.8) is 0 Å². The van der Waals surface area contributed by atoms with E-state index >= 15 is 0 Å². The molecule has 2 unspecified atom stereocenters. The molecule has 0 heterocycles. The van der Waals surface area contributed by atoms with Crippen molar-refractivity contribution in [2.24, 2.45) is 0 Å². The van der Waals surface area contributed by atoms with Crippen molar-refractivity contribution in [3.8, 4) is 5.75 Å². The topological polar surface area (TPSA) is 9.23 Å². The summed E-state index contributed by atoms with van der Waals surface area (Å²) < 4.78 is 5.96. The van der Waals surface area contributed by atoms with Gasteiger partial charge in [0.1, 0.15) is 5.75 Å². The summed E-state index contributed by atoms with van der Waals surface area (Å²) in [5.41, 5.74) is 2.85. The number of benzene rings is 1. The second-order valence-electron chi connectivity index (χ2n) is 5.87. The molecule has 20 heavy (non-hydrogen) atoms. The van der Waals surface area contributed by atoms with Gasteiger partial charge in [0.2, 0.25) is 0 Å². The summed E-state index contributed by atoms with van der Waals surface area (Å²) in [5, 5.41) is 0. The van der Waals surface area contributed by atoms with E-state index in [1.807, 2.05) is 0 Å². The van der Waals surface area contributed by atoms with Crippen molar-refractivity contribution in [2.45, 2.75) is 50.9 Å². The highest BCUT2D eigenvalue weighted by Crippen LogP contribution is 2.38. The Labute approximate surface area is 122 Å². The molecule has 0 radical (unpaired) electrons. The van der Waals surface area contributed by atoms with Crippen LogP contribution >= 0.6 is 0 Å². The molecule has 2 atom stereocenters. The van der Waals surface area contributed by atoms with Gasteiger partial charge in [0.05, 0.1) is 6.61 Å². The average molecular weight is 268 g/mol. The predicted molar refractivity (Wildman–Crippen MR) is 84.5 cm³/mol. The van der Waals surface area contributed by atoms with Crippen LogP contribution in [-0.4, -0.2) is 6.61 Å². The van der Waals surface area contributed by atoms with Gasteiger partial charge in [-0.3, -0.25) is 0 Å². The summed E-state index contributed by atoms with van der Waals surface area (Å²) in [6, 6.07) is 6.85. The number of ether oxygens (including phenoxy) is 1. The summed E-state index contributed by atoms with van der Waals surface area (Å²) >= 11 is 0. The van der Waals surface area contributed by atoms with Crippen molar-refractivity contribution in [2.75, 3.05) is 6.61 Å². The third kappa shape index (κ3) is 2.82. The minimum Gasteiger partial charge on any atom is -0.493 e. The van der Waals surface area contributed by atoms with Crippen LogP contribution in [-0.2, 0) is 0 Å². The molecule has 0 saturated carbocycles. The standard InChI is InChI=1S/C19H24O/c1-2-13-20-19-12-11-17(15-7-3-4-8-15)14-18(19)16-9-5-6-10-16/h3,5,7,9,11-12,14-16H,2,4,6,8,10,13H2,1H3. The number of hydrogen-bond acceptors (Lipinski definition) is 1. The second-order valence-corrected chi connectivity index (χ2v) is 5.87. The van der Waals surface area contributed by atoms with E-state index in [1.54, 1.807) is 0 Å². The maximum atomic E-state index is 5.96. The summed E-state index contributed by atoms with van der Waals surface area (Å²) in [7, 11) is 0.